The fraction of sp³-hybridized carbons (Fsp3) is 0.600. The van der Waals surface area contributed by atoms with Crippen molar-refractivity contribution in [2.45, 2.75) is 39.3 Å². The second kappa shape index (κ2) is 6.14. The highest BCUT2D eigenvalue weighted by Gasteiger charge is 2.25. The Morgan fingerprint density at radius 1 is 1.32 bits per heavy atom. The summed E-state index contributed by atoms with van der Waals surface area (Å²) < 4.78 is 12.0. The molecule has 0 amide bonds. The quantitative estimate of drug-likeness (QED) is 0.917. The Morgan fingerprint density at radius 2 is 2.05 bits per heavy atom. The second-order valence-corrected chi connectivity index (χ2v) is 6.32. The molecule has 0 radical (unpaired) electrons. The molecular weight excluding hydrogens is 306 g/mol. The molecule has 2 rings (SSSR count). The number of hydrogen-bond donors (Lipinski definition) is 1. The molecule has 0 saturated carbocycles. The molecule has 4 heteroatoms. The molecule has 1 N–H and O–H groups in total. The van der Waals surface area contributed by atoms with Crippen molar-refractivity contribution in [1.29, 1.82) is 0 Å². The van der Waals surface area contributed by atoms with E-state index >= 15 is 0 Å². The molecule has 1 aromatic carbocycles. The molecule has 1 aliphatic heterocycles. The number of rotatable bonds is 4. The number of fused-ring (bicyclic) bond motifs is 1. The van der Waals surface area contributed by atoms with Crippen LogP contribution in [0.15, 0.2) is 10.5 Å². The van der Waals surface area contributed by atoms with Crippen molar-refractivity contribution >= 4 is 15.9 Å². The lowest BCUT2D eigenvalue weighted by Crippen LogP contribution is -2.37. The van der Waals surface area contributed by atoms with E-state index in [0.29, 0.717) is 12.0 Å². The van der Waals surface area contributed by atoms with Crippen LogP contribution in [0.3, 0.4) is 0 Å². The maximum Gasteiger partial charge on any atom is 0.165 e. The zero-order valence-corrected chi connectivity index (χ0v) is 13.6. The summed E-state index contributed by atoms with van der Waals surface area (Å²) in [5, 5.41) is 3.60. The molecular formula is C15H22BrNO2. The van der Waals surface area contributed by atoms with Gasteiger partial charge in [-0.2, -0.15) is 0 Å². The number of benzene rings is 1. The van der Waals surface area contributed by atoms with Crippen molar-refractivity contribution in [3.05, 3.63) is 21.7 Å². The Morgan fingerprint density at radius 3 is 2.63 bits per heavy atom. The highest BCUT2D eigenvalue weighted by atomic mass is 79.9. The zero-order valence-electron chi connectivity index (χ0n) is 12.0. The Balaban J connectivity index is 2.35. The average Bonchev–Trinajstić information content (AvgIpc) is 2.38. The molecule has 0 saturated heterocycles. The van der Waals surface area contributed by atoms with Crippen LogP contribution in [0.5, 0.6) is 11.5 Å². The molecule has 19 heavy (non-hydrogen) atoms. The van der Waals surface area contributed by atoms with Gasteiger partial charge in [0.15, 0.2) is 11.5 Å². The van der Waals surface area contributed by atoms with Gasteiger partial charge in [-0.3, -0.25) is 0 Å². The third-order valence-corrected chi connectivity index (χ3v) is 4.31. The van der Waals surface area contributed by atoms with E-state index in [0.717, 1.165) is 28.9 Å². The third-order valence-electron chi connectivity index (χ3n) is 3.61. The van der Waals surface area contributed by atoms with Crippen molar-refractivity contribution in [2.75, 3.05) is 14.2 Å². The van der Waals surface area contributed by atoms with E-state index < -0.39 is 0 Å². The summed E-state index contributed by atoms with van der Waals surface area (Å²) in [4.78, 5) is 0. The van der Waals surface area contributed by atoms with Crippen LogP contribution in [-0.4, -0.2) is 20.3 Å². The Labute approximate surface area is 123 Å². The van der Waals surface area contributed by atoms with Gasteiger partial charge in [-0.1, -0.05) is 29.8 Å². The molecule has 0 bridgehead atoms. The lowest BCUT2D eigenvalue weighted by atomic mass is 9.90. The minimum Gasteiger partial charge on any atom is -0.493 e. The Hall–Kier alpha value is -0.740. The fourth-order valence-corrected chi connectivity index (χ4v) is 3.39. The normalized spacial score (nSPS) is 18.3. The van der Waals surface area contributed by atoms with Crippen LogP contribution in [0.1, 0.15) is 31.4 Å². The summed E-state index contributed by atoms with van der Waals surface area (Å²) in [6.07, 6.45) is 2.23. The monoisotopic (exact) mass is 327 g/mol. The maximum atomic E-state index is 5.52. The van der Waals surface area contributed by atoms with Crippen LogP contribution in [-0.2, 0) is 13.0 Å². The smallest absolute Gasteiger partial charge is 0.165 e. The van der Waals surface area contributed by atoms with Gasteiger partial charge in [-0.05, 0) is 30.4 Å². The Bertz CT molecular complexity index is 460. The van der Waals surface area contributed by atoms with Crippen molar-refractivity contribution in [2.24, 2.45) is 5.92 Å². The SMILES string of the molecule is COc1cc(Br)c2c(c1OC)CNC(CC(C)C)C2. The summed E-state index contributed by atoms with van der Waals surface area (Å²) in [5.41, 5.74) is 2.57. The van der Waals surface area contributed by atoms with Crippen molar-refractivity contribution in [1.82, 2.24) is 5.32 Å². The molecule has 1 aromatic rings. The molecule has 0 aliphatic carbocycles. The van der Waals surface area contributed by atoms with E-state index in [-0.39, 0.29) is 0 Å². The van der Waals surface area contributed by atoms with Gasteiger partial charge in [0.25, 0.3) is 0 Å². The zero-order chi connectivity index (χ0) is 14.0. The lowest BCUT2D eigenvalue weighted by Gasteiger charge is -2.30. The molecule has 1 aliphatic rings. The molecule has 1 heterocycles. The van der Waals surface area contributed by atoms with Crippen molar-refractivity contribution < 1.29 is 9.47 Å². The molecule has 0 aromatic heterocycles. The third kappa shape index (κ3) is 3.06. The van der Waals surface area contributed by atoms with Crippen LogP contribution in [0, 0.1) is 5.92 Å². The Kier molecular flexibility index (Phi) is 4.74. The first-order valence-corrected chi connectivity index (χ1v) is 7.51. The molecule has 106 valence electrons. The highest BCUT2D eigenvalue weighted by Crippen LogP contribution is 2.40. The van der Waals surface area contributed by atoms with Crippen LogP contribution >= 0.6 is 15.9 Å². The van der Waals surface area contributed by atoms with Gasteiger partial charge in [0.1, 0.15) is 0 Å². The molecule has 0 spiro atoms. The fourth-order valence-electron chi connectivity index (χ4n) is 2.78. The number of nitrogens with one attached hydrogen (secondary N) is 1. The summed E-state index contributed by atoms with van der Waals surface area (Å²) in [7, 11) is 3.38. The minimum atomic E-state index is 0.543. The summed E-state index contributed by atoms with van der Waals surface area (Å²) in [6, 6.07) is 2.55. The standard InChI is InChI=1S/C15H22BrNO2/c1-9(2)5-10-6-11-12(8-17-10)15(19-4)14(18-3)7-13(11)16/h7,9-10,17H,5-6,8H2,1-4H3. The van der Waals surface area contributed by atoms with Gasteiger partial charge >= 0.3 is 0 Å². The number of halogens is 1. The van der Waals surface area contributed by atoms with Gasteiger partial charge < -0.3 is 14.8 Å². The van der Waals surface area contributed by atoms with Gasteiger partial charge in [-0.15, -0.1) is 0 Å². The first-order chi connectivity index (χ1) is 9.06. The van der Waals surface area contributed by atoms with E-state index in [4.69, 9.17) is 9.47 Å². The lowest BCUT2D eigenvalue weighted by molar-refractivity contribution is 0.340. The minimum absolute atomic E-state index is 0.543. The van der Waals surface area contributed by atoms with Gasteiger partial charge in [0.2, 0.25) is 0 Å². The predicted molar refractivity (Wildman–Crippen MR) is 81.0 cm³/mol. The van der Waals surface area contributed by atoms with E-state index in [1.807, 2.05) is 6.07 Å². The van der Waals surface area contributed by atoms with Crippen LogP contribution < -0.4 is 14.8 Å². The van der Waals surface area contributed by atoms with E-state index in [9.17, 15) is 0 Å². The first kappa shape index (κ1) is 14.7. The summed E-state index contributed by atoms with van der Waals surface area (Å²) in [5.74, 6) is 2.35. The first-order valence-electron chi connectivity index (χ1n) is 6.72. The van der Waals surface area contributed by atoms with Crippen molar-refractivity contribution in [3.8, 4) is 11.5 Å². The largest absolute Gasteiger partial charge is 0.493 e. The second-order valence-electron chi connectivity index (χ2n) is 5.46. The van der Waals surface area contributed by atoms with Crippen LogP contribution in [0.25, 0.3) is 0 Å². The summed E-state index contributed by atoms with van der Waals surface area (Å²) >= 11 is 3.67. The van der Waals surface area contributed by atoms with Gasteiger partial charge in [-0.25, -0.2) is 0 Å². The maximum absolute atomic E-state index is 5.52. The van der Waals surface area contributed by atoms with E-state index in [2.05, 4.69) is 35.1 Å². The van der Waals surface area contributed by atoms with E-state index in [1.54, 1.807) is 14.2 Å². The number of methoxy groups -OCH3 is 2. The van der Waals surface area contributed by atoms with Crippen molar-refractivity contribution in [3.63, 3.8) is 0 Å². The predicted octanol–water partition coefficient (Wildman–Crippen LogP) is 3.53. The van der Waals surface area contributed by atoms with Gasteiger partial charge in [0, 0.05) is 22.6 Å². The van der Waals surface area contributed by atoms with E-state index in [1.165, 1.54) is 17.5 Å². The summed E-state index contributed by atoms with van der Waals surface area (Å²) in [6.45, 7) is 5.37. The molecule has 3 nitrogen and oxygen atoms in total. The van der Waals surface area contributed by atoms with Crippen LogP contribution in [0.2, 0.25) is 0 Å². The molecule has 1 unspecified atom stereocenters. The topological polar surface area (TPSA) is 30.5 Å². The number of hydrogen-bond acceptors (Lipinski definition) is 3. The molecule has 1 atom stereocenters. The number of ether oxygens (including phenoxy) is 2. The molecule has 0 fully saturated rings. The van der Waals surface area contributed by atoms with Crippen LogP contribution in [0.4, 0.5) is 0 Å². The average molecular weight is 328 g/mol. The highest BCUT2D eigenvalue weighted by molar-refractivity contribution is 9.10. The van der Waals surface area contributed by atoms with Gasteiger partial charge in [0.05, 0.1) is 14.2 Å².